The van der Waals surface area contributed by atoms with E-state index in [-0.39, 0.29) is 0 Å². The van der Waals surface area contributed by atoms with Gasteiger partial charge in [0.2, 0.25) is 0 Å². The van der Waals surface area contributed by atoms with Gasteiger partial charge in [-0.05, 0) is 38.1 Å². The number of aryl methyl sites for hydroxylation is 1. The van der Waals surface area contributed by atoms with Crippen molar-refractivity contribution in [3.63, 3.8) is 0 Å². The molecule has 1 aromatic heterocycles. The van der Waals surface area contributed by atoms with Gasteiger partial charge in [-0.25, -0.2) is 0 Å². The Balaban J connectivity index is 1.75. The van der Waals surface area contributed by atoms with E-state index >= 15 is 0 Å². The van der Waals surface area contributed by atoms with Crippen molar-refractivity contribution in [2.24, 2.45) is 11.8 Å². The van der Waals surface area contributed by atoms with E-state index in [1.807, 2.05) is 13.1 Å². The molecule has 1 aliphatic rings. The summed E-state index contributed by atoms with van der Waals surface area (Å²) in [5.41, 5.74) is 2.38. The summed E-state index contributed by atoms with van der Waals surface area (Å²) < 4.78 is 0. The largest absolute Gasteiger partial charge is 0.396 e. The Morgan fingerprint density at radius 1 is 1.41 bits per heavy atom. The zero-order valence-corrected chi connectivity index (χ0v) is 10.6. The van der Waals surface area contributed by atoms with Gasteiger partial charge in [-0.3, -0.25) is 5.10 Å². The Kier molecular flexibility index (Phi) is 4.57. The predicted molar refractivity (Wildman–Crippen MR) is 67.6 cm³/mol. The quantitative estimate of drug-likeness (QED) is 0.729. The van der Waals surface area contributed by atoms with Gasteiger partial charge in [0.05, 0.1) is 6.20 Å². The monoisotopic (exact) mass is 237 g/mol. The second-order valence-electron chi connectivity index (χ2n) is 5.14. The van der Waals surface area contributed by atoms with Gasteiger partial charge in [-0.2, -0.15) is 5.10 Å². The van der Waals surface area contributed by atoms with Gasteiger partial charge in [0.25, 0.3) is 0 Å². The van der Waals surface area contributed by atoms with E-state index in [1.54, 1.807) is 0 Å². The number of aliphatic hydroxyl groups is 1. The van der Waals surface area contributed by atoms with Crippen LogP contribution in [-0.4, -0.2) is 28.5 Å². The molecule has 4 nitrogen and oxygen atoms in total. The number of hydrogen-bond acceptors (Lipinski definition) is 3. The molecule has 0 bridgehead atoms. The first-order valence-corrected chi connectivity index (χ1v) is 6.61. The van der Waals surface area contributed by atoms with Crippen molar-refractivity contribution < 1.29 is 5.11 Å². The molecule has 0 aromatic carbocycles. The van der Waals surface area contributed by atoms with E-state index in [2.05, 4.69) is 15.5 Å². The molecule has 0 spiro atoms. The highest BCUT2D eigenvalue weighted by Gasteiger charge is 2.23. The molecule has 1 aliphatic carbocycles. The predicted octanol–water partition coefficient (Wildman–Crippen LogP) is 1.61. The number of aliphatic hydroxyl groups excluding tert-OH is 1. The highest BCUT2D eigenvalue weighted by atomic mass is 16.3. The van der Waals surface area contributed by atoms with Crippen LogP contribution in [0.4, 0.5) is 0 Å². The van der Waals surface area contributed by atoms with Crippen LogP contribution in [0.2, 0.25) is 0 Å². The van der Waals surface area contributed by atoms with Crippen LogP contribution in [0.15, 0.2) is 6.20 Å². The molecule has 2 atom stereocenters. The van der Waals surface area contributed by atoms with Crippen molar-refractivity contribution in [2.45, 2.75) is 39.2 Å². The topological polar surface area (TPSA) is 60.9 Å². The molecule has 1 aromatic rings. The van der Waals surface area contributed by atoms with Gasteiger partial charge in [-0.15, -0.1) is 0 Å². The van der Waals surface area contributed by atoms with E-state index in [0.29, 0.717) is 18.4 Å². The molecule has 0 saturated heterocycles. The fourth-order valence-corrected chi connectivity index (χ4v) is 2.74. The summed E-state index contributed by atoms with van der Waals surface area (Å²) in [4.78, 5) is 0. The van der Waals surface area contributed by atoms with Crippen molar-refractivity contribution in [1.29, 1.82) is 0 Å². The van der Waals surface area contributed by atoms with Gasteiger partial charge in [0.1, 0.15) is 0 Å². The molecule has 2 rings (SSSR count). The van der Waals surface area contributed by atoms with Gasteiger partial charge in [0, 0.05) is 24.4 Å². The number of aromatic amines is 1. The number of nitrogens with zero attached hydrogens (tertiary/aromatic N) is 1. The summed E-state index contributed by atoms with van der Waals surface area (Å²) in [6, 6.07) is 0. The first-order valence-electron chi connectivity index (χ1n) is 6.61. The zero-order valence-electron chi connectivity index (χ0n) is 10.6. The SMILES string of the molecule is Cc1[nH]ncc1CNCC1CCCCC1CO. The van der Waals surface area contributed by atoms with Gasteiger partial charge in [-0.1, -0.05) is 12.8 Å². The van der Waals surface area contributed by atoms with Crippen LogP contribution in [0.5, 0.6) is 0 Å². The van der Waals surface area contributed by atoms with Crippen molar-refractivity contribution in [2.75, 3.05) is 13.2 Å². The third-order valence-electron chi connectivity index (χ3n) is 3.96. The number of hydrogen-bond donors (Lipinski definition) is 3. The van der Waals surface area contributed by atoms with Gasteiger partial charge < -0.3 is 10.4 Å². The third kappa shape index (κ3) is 3.30. The Morgan fingerprint density at radius 2 is 2.18 bits per heavy atom. The lowest BCUT2D eigenvalue weighted by atomic mass is 9.79. The highest BCUT2D eigenvalue weighted by molar-refractivity contribution is 5.13. The average molecular weight is 237 g/mol. The fourth-order valence-electron chi connectivity index (χ4n) is 2.74. The Hall–Kier alpha value is -0.870. The maximum absolute atomic E-state index is 9.35. The fraction of sp³-hybridized carbons (Fsp3) is 0.769. The second kappa shape index (κ2) is 6.17. The molecule has 1 saturated carbocycles. The number of H-pyrrole nitrogens is 1. The number of nitrogens with one attached hydrogen (secondary N) is 2. The van der Waals surface area contributed by atoms with Crippen molar-refractivity contribution in [1.82, 2.24) is 15.5 Å². The number of aromatic nitrogens is 2. The van der Waals surface area contributed by atoms with E-state index in [1.165, 1.54) is 31.2 Å². The minimum atomic E-state index is 0.344. The maximum Gasteiger partial charge on any atom is 0.0535 e. The molecule has 17 heavy (non-hydrogen) atoms. The summed E-state index contributed by atoms with van der Waals surface area (Å²) >= 11 is 0. The zero-order chi connectivity index (χ0) is 12.1. The summed E-state index contributed by atoms with van der Waals surface area (Å²) in [7, 11) is 0. The van der Waals surface area contributed by atoms with Crippen LogP contribution in [0.3, 0.4) is 0 Å². The lowest BCUT2D eigenvalue weighted by Gasteiger charge is -2.30. The first-order chi connectivity index (χ1) is 8.31. The molecule has 0 amide bonds. The molecule has 96 valence electrons. The van der Waals surface area contributed by atoms with Gasteiger partial charge >= 0.3 is 0 Å². The van der Waals surface area contributed by atoms with E-state index in [0.717, 1.165) is 18.8 Å². The van der Waals surface area contributed by atoms with Crippen molar-refractivity contribution >= 4 is 0 Å². The number of rotatable bonds is 5. The minimum absolute atomic E-state index is 0.344. The first kappa shape index (κ1) is 12.6. The molecular weight excluding hydrogens is 214 g/mol. The van der Waals surface area contributed by atoms with E-state index in [4.69, 9.17) is 0 Å². The summed E-state index contributed by atoms with van der Waals surface area (Å²) in [6.45, 7) is 4.27. The van der Waals surface area contributed by atoms with Crippen LogP contribution in [0.1, 0.15) is 36.9 Å². The summed E-state index contributed by atoms with van der Waals surface area (Å²) in [6.07, 6.45) is 6.92. The highest BCUT2D eigenvalue weighted by Crippen LogP contribution is 2.29. The second-order valence-corrected chi connectivity index (χ2v) is 5.14. The van der Waals surface area contributed by atoms with Crippen LogP contribution in [-0.2, 0) is 6.54 Å². The minimum Gasteiger partial charge on any atom is -0.396 e. The average Bonchev–Trinajstić information content (AvgIpc) is 2.76. The standard InChI is InChI=1S/C13H23N3O/c1-10-13(8-15-16-10)7-14-6-11-4-2-3-5-12(11)9-17/h8,11-12,14,17H,2-7,9H2,1H3,(H,15,16). The molecular formula is C13H23N3O. The van der Waals surface area contributed by atoms with Crippen LogP contribution in [0, 0.1) is 18.8 Å². The molecule has 0 aliphatic heterocycles. The van der Waals surface area contributed by atoms with E-state index < -0.39 is 0 Å². The van der Waals surface area contributed by atoms with Crippen LogP contribution in [0.25, 0.3) is 0 Å². The molecule has 0 radical (unpaired) electrons. The lowest BCUT2D eigenvalue weighted by molar-refractivity contribution is 0.133. The van der Waals surface area contributed by atoms with E-state index in [9.17, 15) is 5.11 Å². The van der Waals surface area contributed by atoms with Crippen molar-refractivity contribution in [3.05, 3.63) is 17.5 Å². The lowest BCUT2D eigenvalue weighted by Crippen LogP contribution is -2.32. The Bertz CT molecular complexity index is 337. The summed E-state index contributed by atoms with van der Waals surface area (Å²) in [5, 5.41) is 19.8. The van der Waals surface area contributed by atoms with Gasteiger partial charge in [0.15, 0.2) is 0 Å². The third-order valence-corrected chi connectivity index (χ3v) is 3.96. The van der Waals surface area contributed by atoms with Crippen LogP contribution < -0.4 is 5.32 Å². The van der Waals surface area contributed by atoms with Crippen LogP contribution >= 0.6 is 0 Å². The summed E-state index contributed by atoms with van der Waals surface area (Å²) in [5.74, 6) is 1.14. The van der Waals surface area contributed by atoms with Crippen molar-refractivity contribution in [3.8, 4) is 0 Å². The Morgan fingerprint density at radius 3 is 2.82 bits per heavy atom. The molecule has 2 unspecified atom stereocenters. The smallest absolute Gasteiger partial charge is 0.0535 e. The molecule has 3 N–H and O–H groups in total. The molecule has 1 heterocycles. The normalized spacial score (nSPS) is 25.1. The molecule has 4 heteroatoms. The maximum atomic E-state index is 9.35. The molecule has 1 fully saturated rings. The Labute approximate surface area is 103 Å².